The van der Waals surface area contributed by atoms with Crippen LogP contribution in [0.15, 0.2) is 47.9 Å². The first kappa shape index (κ1) is 17.2. The van der Waals surface area contributed by atoms with Crippen LogP contribution in [-0.4, -0.2) is 30.8 Å². The number of hydrogen-bond donors (Lipinski definition) is 0. The summed E-state index contributed by atoms with van der Waals surface area (Å²) < 4.78 is 28.1. The van der Waals surface area contributed by atoms with E-state index in [2.05, 4.69) is 15.2 Å². The molecule has 1 unspecified atom stereocenters. The fraction of sp³-hybridized carbons (Fsp3) is 0.176. The number of benzene rings is 1. The zero-order valence-corrected chi connectivity index (χ0v) is 14.3. The van der Waals surface area contributed by atoms with Crippen molar-refractivity contribution in [1.82, 2.24) is 19.7 Å². The zero-order chi connectivity index (χ0) is 18.0. The summed E-state index contributed by atoms with van der Waals surface area (Å²) in [4.78, 5) is 16.5. The third-order valence-electron chi connectivity index (χ3n) is 3.61. The molecule has 8 heteroatoms. The van der Waals surface area contributed by atoms with E-state index in [-0.39, 0.29) is 11.3 Å². The summed E-state index contributed by atoms with van der Waals surface area (Å²) in [6, 6.07) is 6.79. The minimum absolute atomic E-state index is 0.119. The van der Waals surface area contributed by atoms with Gasteiger partial charge in [0.1, 0.15) is 0 Å². The van der Waals surface area contributed by atoms with Gasteiger partial charge in [0.25, 0.3) is 0 Å². The Morgan fingerprint density at radius 1 is 1.20 bits per heavy atom. The van der Waals surface area contributed by atoms with Crippen LogP contribution in [-0.2, 0) is 7.05 Å². The topological polar surface area (TPSA) is 60.7 Å². The molecule has 0 spiro atoms. The maximum atomic E-state index is 13.3. The van der Waals surface area contributed by atoms with Gasteiger partial charge in [-0.2, -0.15) is 0 Å². The lowest BCUT2D eigenvalue weighted by Crippen LogP contribution is -2.15. The number of hydrogen-bond acceptors (Lipinski definition) is 5. The maximum absolute atomic E-state index is 13.3. The number of Topliss-reactive ketones (excluding diaryl/α,β-unsaturated/α-hetero) is 1. The normalized spacial score (nSPS) is 12.2. The molecule has 25 heavy (non-hydrogen) atoms. The fourth-order valence-electron chi connectivity index (χ4n) is 2.26. The molecule has 5 nitrogen and oxygen atoms in total. The molecule has 3 aromatic rings. The molecule has 2 aromatic heterocycles. The van der Waals surface area contributed by atoms with Crippen molar-refractivity contribution in [2.75, 3.05) is 0 Å². The van der Waals surface area contributed by atoms with Crippen molar-refractivity contribution in [3.63, 3.8) is 0 Å². The van der Waals surface area contributed by atoms with Crippen LogP contribution >= 0.6 is 11.8 Å². The van der Waals surface area contributed by atoms with E-state index in [1.54, 1.807) is 37.0 Å². The fourth-order valence-corrected chi connectivity index (χ4v) is 3.15. The lowest BCUT2D eigenvalue weighted by Gasteiger charge is -2.10. The van der Waals surface area contributed by atoms with Crippen LogP contribution < -0.4 is 0 Å². The largest absolute Gasteiger partial charge is 0.305 e. The van der Waals surface area contributed by atoms with Crippen molar-refractivity contribution < 1.29 is 13.6 Å². The molecule has 0 amide bonds. The number of halogens is 2. The van der Waals surface area contributed by atoms with Crippen LogP contribution in [0.3, 0.4) is 0 Å². The second-order valence-corrected chi connectivity index (χ2v) is 6.67. The van der Waals surface area contributed by atoms with E-state index >= 15 is 0 Å². The first-order valence-electron chi connectivity index (χ1n) is 7.43. The van der Waals surface area contributed by atoms with Crippen LogP contribution in [0, 0.1) is 11.6 Å². The standard InChI is InChI=1S/C17H14F2N4OS/c1-10(15(24)11-5-6-13(18)14(19)8-11)25-17-22-21-16(23(17)2)12-4-3-7-20-9-12/h3-10H,1-2H3. The van der Waals surface area contributed by atoms with Gasteiger partial charge in [0.15, 0.2) is 28.4 Å². The predicted molar refractivity (Wildman–Crippen MR) is 90.2 cm³/mol. The Hall–Kier alpha value is -2.61. The number of thioether (sulfide) groups is 1. The minimum atomic E-state index is -1.04. The van der Waals surface area contributed by atoms with Gasteiger partial charge in [-0.05, 0) is 37.3 Å². The molecular weight excluding hydrogens is 346 g/mol. The molecule has 0 fully saturated rings. The molecule has 0 saturated carbocycles. The second-order valence-electron chi connectivity index (χ2n) is 5.36. The van der Waals surface area contributed by atoms with Crippen LogP contribution in [0.1, 0.15) is 17.3 Å². The van der Waals surface area contributed by atoms with Crippen molar-refractivity contribution >= 4 is 17.5 Å². The van der Waals surface area contributed by atoms with Gasteiger partial charge in [0.2, 0.25) is 0 Å². The third kappa shape index (κ3) is 3.58. The summed E-state index contributed by atoms with van der Waals surface area (Å²) in [7, 11) is 1.79. The molecule has 0 saturated heterocycles. The monoisotopic (exact) mass is 360 g/mol. The highest BCUT2D eigenvalue weighted by Gasteiger charge is 2.21. The minimum Gasteiger partial charge on any atom is -0.305 e. The first-order chi connectivity index (χ1) is 12.0. The maximum Gasteiger partial charge on any atom is 0.191 e. The van der Waals surface area contributed by atoms with Gasteiger partial charge in [-0.1, -0.05) is 11.8 Å². The number of carbonyl (C=O) groups is 1. The highest BCUT2D eigenvalue weighted by molar-refractivity contribution is 8.00. The molecule has 1 atom stereocenters. The number of ketones is 1. The molecule has 2 heterocycles. The smallest absolute Gasteiger partial charge is 0.191 e. The lowest BCUT2D eigenvalue weighted by molar-refractivity contribution is 0.0993. The lowest BCUT2D eigenvalue weighted by atomic mass is 10.1. The van der Waals surface area contributed by atoms with E-state index in [0.29, 0.717) is 11.0 Å². The summed E-state index contributed by atoms with van der Waals surface area (Å²) in [5, 5.41) is 8.24. The Bertz CT molecular complexity index is 914. The Labute approximate surface area is 147 Å². The average Bonchev–Trinajstić information content (AvgIpc) is 2.98. The molecule has 0 bridgehead atoms. The molecule has 128 valence electrons. The number of aromatic nitrogens is 4. The van der Waals surface area contributed by atoms with Crippen molar-refractivity contribution in [2.45, 2.75) is 17.3 Å². The van der Waals surface area contributed by atoms with E-state index in [4.69, 9.17) is 0 Å². The molecule has 0 radical (unpaired) electrons. The quantitative estimate of drug-likeness (QED) is 0.515. The van der Waals surface area contributed by atoms with Gasteiger partial charge in [0.05, 0.1) is 5.25 Å². The van der Waals surface area contributed by atoms with Gasteiger partial charge in [-0.3, -0.25) is 9.78 Å². The van der Waals surface area contributed by atoms with Gasteiger partial charge < -0.3 is 4.57 Å². The van der Waals surface area contributed by atoms with Gasteiger partial charge in [-0.15, -0.1) is 10.2 Å². The average molecular weight is 360 g/mol. The van der Waals surface area contributed by atoms with Gasteiger partial charge >= 0.3 is 0 Å². The molecular formula is C17H14F2N4OS. The van der Waals surface area contributed by atoms with E-state index < -0.39 is 16.9 Å². The summed E-state index contributed by atoms with van der Waals surface area (Å²) in [6.07, 6.45) is 3.34. The molecule has 1 aromatic carbocycles. The van der Waals surface area contributed by atoms with Crippen molar-refractivity contribution in [3.05, 3.63) is 59.9 Å². The highest BCUT2D eigenvalue weighted by Crippen LogP contribution is 2.27. The molecule has 3 rings (SSSR count). The summed E-state index contributed by atoms with van der Waals surface area (Å²) in [5.74, 6) is -1.70. The molecule has 0 N–H and O–H groups in total. The van der Waals surface area contributed by atoms with Crippen molar-refractivity contribution in [1.29, 1.82) is 0 Å². The zero-order valence-electron chi connectivity index (χ0n) is 13.5. The summed E-state index contributed by atoms with van der Waals surface area (Å²) in [6.45, 7) is 1.69. The van der Waals surface area contributed by atoms with Crippen molar-refractivity contribution in [2.24, 2.45) is 7.05 Å². The Balaban J connectivity index is 1.79. The van der Waals surface area contributed by atoms with Crippen LogP contribution in [0.2, 0.25) is 0 Å². The van der Waals surface area contributed by atoms with Crippen molar-refractivity contribution in [3.8, 4) is 11.4 Å². The Kier molecular flexibility index (Phi) is 4.89. The molecule has 0 aliphatic carbocycles. The van der Waals surface area contributed by atoms with E-state index in [1.807, 2.05) is 6.07 Å². The van der Waals surface area contributed by atoms with E-state index in [9.17, 15) is 13.6 Å². The number of pyridine rings is 1. The van der Waals surface area contributed by atoms with E-state index in [0.717, 1.165) is 17.7 Å². The Morgan fingerprint density at radius 3 is 2.68 bits per heavy atom. The first-order valence-corrected chi connectivity index (χ1v) is 8.31. The highest BCUT2D eigenvalue weighted by atomic mass is 32.2. The van der Waals surface area contributed by atoms with Crippen LogP contribution in [0.5, 0.6) is 0 Å². The number of rotatable bonds is 5. The van der Waals surface area contributed by atoms with Gasteiger partial charge in [-0.25, -0.2) is 8.78 Å². The third-order valence-corrected chi connectivity index (χ3v) is 4.74. The number of carbonyl (C=O) groups excluding carboxylic acids is 1. The SMILES string of the molecule is CC(Sc1nnc(-c2cccnc2)n1C)C(=O)c1ccc(F)c(F)c1. The summed E-state index contributed by atoms with van der Waals surface area (Å²) >= 11 is 1.20. The van der Waals surface area contributed by atoms with Crippen LogP contribution in [0.25, 0.3) is 11.4 Å². The van der Waals surface area contributed by atoms with Gasteiger partial charge in [0, 0.05) is 30.6 Å². The summed E-state index contributed by atoms with van der Waals surface area (Å²) in [5.41, 5.74) is 0.928. The second kappa shape index (κ2) is 7.10. The number of nitrogens with zero attached hydrogens (tertiary/aromatic N) is 4. The molecule has 0 aliphatic rings. The predicted octanol–water partition coefficient (Wildman–Crippen LogP) is 3.52. The van der Waals surface area contributed by atoms with E-state index in [1.165, 1.54) is 17.8 Å². The van der Waals surface area contributed by atoms with Crippen LogP contribution in [0.4, 0.5) is 8.78 Å². The molecule has 0 aliphatic heterocycles. The Morgan fingerprint density at radius 2 is 2.00 bits per heavy atom.